The fourth-order valence-corrected chi connectivity index (χ4v) is 5.33. The van der Waals surface area contributed by atoms with Crippen molar-refractivity contribution in [3.05, 3.63) is 60.2 Å². The Hall–Kier alpha value is -1.82. The molecule has 7 nitrogen and oxygen atoms in total. The van der Waals surface area contributed by atoms with Crippen LogP contribution in [0.25, 0.3) is 0 Å². The first-order chi connectivity index (χ1) is 14.3. The third kappa shape index (κ3) is 6.59. The summed E-state index contributed by atoms with van der Waals surface area (Å²) in [5.74, 6) is 0. The van der Waals surface area contributed by atoms with Crippen LogP contribution in [0, 0.1) is 0 Å². The van der Waals surface area contributed by atoms with Crippen molar-refractivity contribution in [2.24, 2.45) is 3.21 Å². The number of benzene rings is 2. The summed E-state index contributed by atoms with van der Waals surface area (Å²) in [5.41, 5.74) is 0.911. The Kier molecular flexibility index (Phi) is 7.61. The van der Waals surface area contributed by atoms with Gasteiger partial charge >= 0.3 is 0 Å². The van der Waals surface area contributed by atoms with Gasteiger partial charge in [0.2, 0.25) is 0 Å². The first kappa shape index (κ1) is 22.9. The van der Waals surface area contributed by atoms with E-state index in [4.69, 9.17) is 0 Å². The van der Waals surface area contributed by atoms with E-state index in [1.807, 2.05) is 6.34 Å². The smallest absolute Gasteiger partial charge is 0.261 e. The number of aliphatic hydroxyl groups excluding tert-OH is 1. The summed E-state index contributed by atoms with van der Waals surface area (Å²) in [5, 5.41) is 14.0. The third-order valence-electron chi connectivity index (χ3n) is 4.76. The number of sulfonamides is 1. The number of anilines is 1. The van der Waals surface area contributed by atoms with Crippen LogP contribution < -0.4 is 10.0 Å². The van der Waals surface area contributed by atoms with Crippen molar-refractivity contribution < 1.29 is 13.5 Å². The fourth-order valence-electron chi connectivity index (χ4n) is 2.91. The molecule has 0 saturated carbocycles. The molecule has 3 N–H and O–H groups in total. The number of nitrogens with zero attached hydrogens (tertiary/aromatic N) is 2. The molecule has 0 fully saturated rings. The van der Waals surface area contributed by atoms with E-state index in [1.54, 1.807) is 54.6 Å². The highest BCUT2D eigenvalue weighted by molar-refractivity contribution is 14.2. The van der Waals surface area contributed by atoms with Crippen LogP contribution in [0.5, 0.6) is 0 Å². The molecule has 1 unspecified atom stereocenters. The molecule has 0 amide bonds. The van der Waals surface area contributed by atoms with Crippen molar-refractivity contribution >= 4 is 47.2 Å². The molecule has 1 atom stereocenters. The SMILES string of the molecule is CC(C)(CCN1C=NI=C1)NCC(O)c1cccc(NS(=O)(=O)c2ccccc2)c1. The quantitative estimate of drug-likeness (QED) is 0.401. The highest BCUT2D eigenvalue weighted by atomic mass is 127. The van der Waals surface area contributed by atoms with Crippen molar-refractivity contribution in [2.75, 3.05) is 17.8 Å². The van der Waals surface area contributed by atoms with Crippen LogP contribution in [0.4, 0.5) is 5.69 Å². The van der Waals surface area contributed by atoms with Gasteiger partial charge in [0.1, 0.15) is 6.34 Å². The Labute approximate surface area is 188 Å². The number of rotatable bonds is 10. The molecular weight excluding hydrogens is 515 g/mol. The molecule has 0 saturated heterocycles. The van der Waals surface area contributed by atoms with Crippen molar-refractivity contribution in [1.82, 2.24) is 10.2 Å². The summed E-state index contributed by atoms with van der Waals surface area (Å²) in [7, 11) is -3.67. The standard InChI is InChI=1S/C21H27IN4O3S/c1-21(2,11-12-26-15-22-24-16-26)23-14-20(27)17-7-6-8-18(13-17)25-30(28,29)19-9-4-3-5-10-19/h3-10,13,15-16,20,23,25,27H,11-12,14H2,1-2H3. The molecule has 0 aromatic heterocycles. The van der Waals surface area contributed by atoms with Crippen LogP contribution in [-0.2, 0) is 10.0 Å². The van der Waals surface area contributed by atoms with Crippen LogP contribution >= 0.6 is 21.0 Å². The van der Waals surface area contributed by atoms with Crippen LogP contribution in [0.2, 0.25) is 0 Å². The van der Waals surface area contributed by atoms with E-state index >= 15 is 0 Å². The van der Waals surface area contributed by atoms with E-state index in [0.29, 0.717) is 17.8 Å². The Bertz CT molecular complexity index is 998. The largest absolute Gasteiger partial charge is 0.387 e. The zero-order chi connectivity index (χ0) is 21.6. The highest BCUT2D eigenvalue weighted by Crippen LogP contribution is 2.21. The van der Waals surface area contributed by atoms with Gasteiger partial charge in [-0.15, -0.1) is 0 Å². The van der Waals surface area contributed by atoms with Gasteiger partial charge in [0.25, 0.3) is 10.0 Å². The van der Waals surface area contributed by atoms with Gasteiger partial charge in [-0.25, -0.2) is 11.6 Å². The molecule has 2 aromatic rings. The second-order valence-corrected chi connectivity index (χ2v) is 11.1. The van der Waals surface area contributed by atoms with Crippen LogP contribution in [0.15, 0.2) is 62.7 Å². The monoisotopic (exact) mass is 542 g/mol. The maximum absolute atomic E-state index is 12.5. The minimum atomic E-state index is -3.67. The Morgan fingerprint density at radius 1 is 1.17 bits per heavy atom. The lowest BCUT2D eigenvalue weighted by molar-refractivity contribution is 0.158. The predicted molar refractivity (Wildman–Crippen MR) is 131 cm³/mol. The molecule has 3 rings (SSSR count). The minimum Gasteiger partial charge on any atom is -0.387 e. The molecule has 1 aliphatic heterocycles. The van der Waals surface area contributed by atoms with Gasteiger partial charge in [0.15, 0.2) is 0 Å². The number of aliphatic hydroxyl groups is 1. The van der Waals surface area contributed by atoms with Gasteiger partial charge < -0.3 is 15.3 Å². The van der Waals surface area contributed by atoms with E-state index < -0.39 is 16.1 Å². The fraction of sp³-hybridized carbons (Fsp3) is 0.333. The molecule has 2 aromatic carbocycles. The van der Waals surface area contributed by atoms with Gasteiger partial charge in [-0.1, -0.05) is 30.3 Å². The predicted octanol–water partition coefficient (Wildman–Crippen LogP) is 3.27. The number of nitrogens with one attached hydrogen (secondary N) is 2. The van der Waals surface area contributed by atoms with E-state index in [1.165, 1.54) is 0 Å². The van der Waals surface area contributed by atoms with Crippen LogP contribution in [0.1, 0.15) is 31.9 Å². The number of hydrogen-bond donors (Lipinski definition) is 3. The summed E-state index contributed by atoms with van der Waals surface area (Å²) >= 11 is -0.165. The average molecular weight is 542 g/mol. The highest BCUT2D eigenvalue weighted by Gasteiger charge is 2.21. The second kappa shape index (κ2) is 9.99. The van der Waals surface area contributed by atoms with E-state index in [0.717, 1.165) is 13.0 Å². The molecule has 30 heavy (non-hydrogen) atoms. The number of hydrogen-bond acceptors (Lipinski definition) is 6. The minimum absolute atomic E-state index is 0.157. The van der Waals surface area contributed by atoms with Crippen LogP contribution in [0.3, 0.4) is 0 Å². The first-order valence-electron chi connectivity index (χ1n) is 9.61. The molecule has 162 valence electrons. The number of β-amino-alcohol motifs (C(OH)–C–C–N with tert-alkyl or cyclic N) is 1. The second-order valence-electron chi connectivity index (χ2n) is 7.72. The van der Waals surface area contributed by atoms with Gasteiger partial charge in [-0.05, 0) is 50.1 Å². The van der Waals surface area contributed by atoms with Gasteiger partial charge in [-0.3, -0.25) is 4.72 Å². The van der Waals surface area contributed by atoms with Gasteiger partial charge in [0, 0.05) is 45.3 Å². The molecule has 0 bridgehead atoms. The Morgan fingerprint density at radius 2 is 1.93 bits per heavy atom. The maximum atomic E-state index is 12.5. The molecule has 1 aliphatic rings. The lowest BCUT2D eigenvalue weighted by Crippen LogP contribution is -2.43. The third-order valence-corrected chi connectivity index (χ3v) is 7.70. The lowest BCUT2D eigenvalue weighted by atomic mass is 9.99. The van der Waals surface area contributed by atoms with Gasteiger partial charge in [0.05, 0.1) is 15.1 Å². The van der Waals surface area contributed by atoms with E-state index in [2.05, 4.69) is 36.1 Å². The first-order valence-corrected chi connectivity index (χ1v) is 13.3. The summed E-state index contributed by atoms with van der Waals surface area (Å²) in [6, 6.07) is 15.1. The molecular formula is C21H27IN4O3S. The summed E-state index contributed by atoms with van der Waals surface area (Å²) in [4.78, 5) is 2.32. The Morgan fingerprint density at radius 3 is 2.63 bits per heavy atom. The molecule has 9 heteroatoms. The Balaban J connectivity index is 1.58. The zero-order valence-electron chi connectivity index (χ0n) is 17.0. The zero-order valence-corrected chi connectivity index (χ0v) is 20.0. The van der Waals surface area contributed by atoms with Crippen LogP contribution in [-0.4, -0.2) is 47.5 Å². The molecule has 1 heterocycles. The summed E-state index contributed by atoms with van der Waals surface area (Å²) in [6.45, 7) is 5.46. The van der Waals surface area contributed by atoms with Crippen molar-refractivity contribution in [3.8, 4) is 0 Å². The topological polar surface area (TPSA) is 94.0 Å². The maximum Gasteiger partial charge on any atom is 0.261 e. The normalized spacial score (nSPS) is 15.1. The van der Waals surface area contributed by atoms with Crippen molar-refractivity contribution in [3.63, 3.8) is 0 Å². The van der Waals surface area contributed by atoms with Gasteiger partial charge in [-0.2, -0.15) is 0 Å². The van der Waals surface area contributed by atoms with E-state index in [-0.39, 0.29) is 31.4 Å². The average Bonchev–Trinajstić information content (AvgIpc) is 3.25. The summed E-state index contributed by atoms with van der Waals surface area (Å²) in [6.07, 6.45) is 2.04. The van der Waals surface area contributed by atoms with Crippen molar-refractivity contribution in [2.45, 2.75) is 36.8 Å². The summed E-state index contributed by atoms with van der Waals surface area (Å²) < 4.78 is 34.1. The number of halogens is 1. The van der Waals surface area contributed by atoms with Crippen molar-refractivity contribution in [1.29, 1.82) is 0 Å². The molecule has 0 radical (unpaired) electrons. The lowest BCUT2D eigenvalue weighted by Gasteiger charge is -2.29. The molecule has 0 spiro atoms. The van der Waals surface area contributed by atoms with E-state index in [9.17, 15) is 13.5 Å². The molecule has 0 aliphatic carbocycles.